The molecular formula is C10H12N2O2. The van der Waals surface area contributed by atoms with E-state index in [1.165, 1.54) is 0 Å². The number of aromatic nitrogens is 2. The molecule has 0 atom stereocenters. The molecule has 0 amide bonds. The standard InChI is InChI=1S/C10H12N2O2/c1-12-8(6-13)10-7(11-12)4-3-5-9(10)14-2/h3-5,13H,6H2,1-2H3. The number of ether oxygens (including phenoxy) is 1. The van der Waals surface area contributed by atoms with Crippen molar-refractivity contribution in [1.82, 2.24) is 9.78 Å². The molecular weight excluding hydrogens is 180 g/mol. The van der Waals surface area contributed by atoms with Gasteiger partial charge in [-0.3, -0.25) is 4.68 Å². The van der Waals surface area contributed by atoms with Gasteiger partial charge in [-0.05, 0) is 12.1 Å². The van der Waals surface area contributed by atoms with Gasteiger partial charge in [0.25, 0.3) is 0 Å². The Morgan fingerprint density at radius 3 is 2.93 bits per heavy atom. The van der Waals surface area contributed by atoms with Gasteiger partial charge in [0.1, 0.15) is 5.75 Å². The third-order valence-electron chi connectivity index (χ3n) is 2.31. The van der Waals surface area contributed by atoms with Crippen molar-refractivity contribution in [3.8, 4) is 5.75 Å². The second kappa shape index (κ2) is 3.31. The van der Waals surface area contributed by atoms with Gasteiger partial charge in [-0.1, -0.05) is 6.07 Å². The summed E-state index contributed by atoms with van der Waals surface area (Å²) >= 11 is 0. The van der Waals surface area contributed by atoms with E-state index in [0.29, 0.717) is 0 Å². The highest BCUT2D eigenvalue weighted by Gasteiger charge is 2.11. The van der Waals surface area contributed by atoms with E-state index in [-0.39, 0.29) is 6.61 Å². The maximum atomic E-state index is 9.21. The van der Waals surface area contributed by atoms with Crippen LogP contribution in [-0.4, -0.2) is 22.0 Å². The van der Waals surface area contributed by atoms with E-state index in [1.54, 1.807) is 11.8 Å². The molecule has 0 aliphatic heterocycles. The molecule has 0 fully saturated rings. The average molecular weight is 192 g/mol. The van der Waals surface area contributed by atoms with Crippen molar-refractivity contribution in [2.24, 2.45) is 7.05 Å². The number of benzene rings is 1. The number of hydrogen-bond acceptors (Lipinski definition) is 3. The smallest absolute Gasteiger partial charge is 0.130 e. The van der Waals surface area contributed by atoms with Crippen LogP contribution in [0.5, 0.6) is 5.75 Å². The first-order chi connectivity index (χ1) is 6.77. The zero-order valence-corrected chi connectivity index (χ0v) is 8.19. The van der Waals surface area contributed by atoms with Crippen LogP contribution >= 0.6 is 0 Å². The number of aliphatic hydroxyl groups excluding tert-OH is 1. The topological polar surface area (TPSA) is 47.3 Å². The van der Waals surface area contributed by atoms with Crippen LogP contribution in [0, 0.1) is 0 Å². The highest BCUT2D eigenvalue weighted by atomic mass is 16.5. The lowest BCUT2D eigenvalue weighted by Crippen LogP contribution is -1.97. The van der Waals surface area contributed by atoms with Crippen molar-refractivity contribution in [2.75, 3.05) is 7.11 Å². The predicted octanol–water partition coefficient (Wildman–Crippen LogP) is 1.07. The summed E-state index contributed by atoms with van der Waals surface area (Å²) in [5.74, 6) is 0.750. The second-order valence-electron chi connectivity index (χ2n) is 3.08. The lowest BCUT2D eigenvalue weighted by atomic mass is 10.2. The minimum Gasteiger partial charge on any atom is -0.496 e. The van der Waals surface area contributed by atoms with E-state index in [1.807, 2.05) is 25.2 Å². The molecule has 0 radical (unpaired) electrons. The molecule has 0 spiro atoms. The molecule has 0 unspecified atom stereocenters. The Hall–Kier alpha value is -1.55. The molecule has 2 aromatic rings. The summed E-state index contributed by atoms with van der Waals surface area (Å²) in [6.45, 7) is -0.0344. The van der Waals surface area contributed by atoms with Gasteiger partial charge in [-0.25, -0.2) is 0 Å². The summed E-state index contributed by atoms with van der Waals surface area (Å²) < 4.78 is 6.89. The zero-order chi connectivity index (χ0) is 10.1. The average Bonchev–Trinajstić information content (AvgIpc) is 2.52. The number of aliphatic hydroxyl groups is 1. The number of nitrogens with zero attached hydrogens (tertiary/aromatic N) is 2. The lowest BCUT2D eigenvalue weighted by Gasteiger charge is -2.02. The summed E-state index contributed by atoms with van der Waals surface area (Å²) in [6, 6.07) is 5.65. The maximum absolute atomic E-state index is 9.21. The Morgan fingerprint density at radius 2 is 2.29 bits per heavy atom. The fraction of sp³-hybridized carbons (Fsp3) is 0.300. The molecule has 14 heavy (non-hydrogen) atoms. The minimum absolute atomic E-state index is 0.0344. The van der Waals surface area contributed by atoms with E-state index in [2.05, 4.69) is 5.10 Å². The van der Waals surface area contributed by atoms with Crippen molar-refractivity contribution in [2.45, 2.75) is 6.61 Å². The van der Waals surface area contributed by atoms with Crippen LogP contribution in [0.25, 0.3) is 10.9 Å². The highest BCUT2D eigenvalue weighted by Crippen LogP contribution is 2.27. The summed E-state index contributed by atoms with van der Waals surface area (Å²) in [4.78, 5) is 0. The van der Waals surface area contributed by atoms with Crippen molar-refractivity contribution in [3.05, 3.63) is 23.9 Å². The van der Waals surface area contributed by atoms with E-state index in [0.717, 1.165) is 22.3 Å². The van der Waals surface area contributed by atoms with E-state index >= 15 is 0 Å². The van der Waals surface area contributed by atoms with Crippen LogP contribution in [0.2, 0.25) is 0 Å². The number of aryl methyl sites for hydroxylation is 1. The van der Waals surface area contributed by atoms with E-state index in [9.17, 15) is 5.11 Å². The summed E-state index contributed by atoms with van der Waals surface area (Å²) in [5.41, 5.74) is 1.62. The van der Waals surface area contributed by atoms with Crippen molar-refractivity contribution in [3.63, 3.8) is 0 Å². The van der Waals surface area contributed by atoms with Gasteiger partial charge in [0.15, 0.2) is 0 Å². The zero-order valence-electron chi connectivity index (χ0n) is 8.19. The highest BCUT2D eigenvalue weighted by molar-refractivity contribution is 5.87. The van der Waals surface area contributed by atoms with Gasteiger partial charge in [0.2, 0.25) is 0 Å². The van der Waals surface area contributed by atoms with Gasteiger partial charge in [0, 0.05) is 7.05 Å². The molecule has 1 N–H and O–H groups in total. The predicted molar refractivity (Wildman–Crippen MR) is 53.2 cm³/mol. The maximum Gasteiger partial charge on any atom is 0.130 e. The molecule has 1 heterocycles. The van der Waals surface area contributed by atoms with Gasteiger partial charge in [0.05, 0.1) is 30.3 Å². The molecule has 74 valence electrons. The Labute approximate surface area is 81.7 Å². The summed E-state index contributed by atoms with van der Waals surface area (Å²) in [6.07, 6.45) is 0. The molecule has 1 aromatic heterocycles. The molecule has 0 aliphatic rings. The molecule has 2 rings (SSSR count). The third kappa shape index (κ3) is 1.15. The Bertz CT molecular complexity index is 462. The molecule has 0 bridgehead atoms. The summed E-state index contributed by atoms with van der Waals surface area (Å²) in [7, 11) is 3.42. The Balaban J connectivity index is 2.82. The normalized spacial score (nSPS) is 10.8. The number of hydrogen-bond donors (Lipinski definition) is 1. The first-order valence-corrected chi connectivity index (χ1v) is 4.37. The van der Waals surface area contributed by atoms with E-state index < -0.39 is 0 Å². The van der Waals surface area contributed by atoms with Crippen LogP contribution in [0.15, 0.2) is 18.2 Å². The van der Waals surface area contributed by atoms with E-state index in [4.69, 9.17) is 4.74 Å². The van der Waals surface area contributed by atoms with Crippen molar-refractivity contribution >= 4 is 10.9 Å². The fourth-order valence-electron chi connectivity index (χ4n) is 1.63. The van der Waals surface area contributed by atoms with Gasteiger partial charge < -0.3 is 9.84 Å². The van der Waals surface area contributed by atoms with Crippen molar-refractivity contribution < 1.29 is 9.84 Å². The van der Waals surface area contributed by atoms with Gasteiger partial charge >= 0.3 is 0 Å². The van der Waals surface area contributed by atoms with Crippen LogP contribution in [0.1, 0.15) is 5.69 Å². The number of fused-ring (bicyclic) bond motifs is 1. The Morgan fingerprint density at radius 1 is 1.50 bits per heavy atom. The first-order valence-electron chi connectivity index (χ1n) is 4.37. The summed E-state index contributed by atoms with van der Waals surface area (Å²) in [5, 5.41) is 14.4. The molecule has 0 aliphatic carbocycles. The molecule has 4 nitrogen and oxygen atoms in total. The van der Waals surface area contributed by atoms with Crippen LogP contribution in [0.4, 0.5) is 0 Å². The number of methoxy groups -OCH3 is 1. The second-order valence-corrected chi connectivity index (χ2v) is 3.08. The number of rotatable bonds is 2. The minimum atomic E-state index is -0.0344. The molecule has 0 saturated carbocycles. The first kappa shape index (κ1) is 9.02. The fourth-order valence-corrected chi connectivity index (χ4v) is 1.63. The quantitative estimate of drug-likeness (QED) is 0.774. The van der Waals surface area contributed by atoms with Crippen LogP contribution < -0.4 is 4.74 Å². The molecule has 1 aromatic carbocycles. The Kier molecular flexibility index (Phi) is 2.13. The molecule has 0 saturated heterocycles. The van der Waals surface area contributed by atoms with Gasteiger partial charge in [-0.2, -0.15) is 5.10 Å². The van der Waals surface area contributed by atoms with Crippen LogP contribution in [0.3, 0.4) is 0 Å². The van der Waals surface area contributed by atoms with Gasteiger partial charge in [-0.15, -0.1) is 0 Å². The largest absolute Gasteiger partial charge is 0.496 e. The van der Waals surface area contributed by atoms with Crippen molar-refractivity contribution in [1.29, 1.82) is 0 Å². The third-order valence-corrected chi connectivity index (χ3v) is 2.31. The molecule has 4 heteroatoms. The lowest BCUT2D eigenvalue weighted by molar-refractivity contribution is 0.271. The monoisotopic (exact) mass is 192 g/mol. The SMILES string of the molecule is COc1cccc2nn(C)c(CO)c12. The van der Waals surface area contributed by atoms with Crippen LogP contribution in [-0.2, 0) is 13.7 Å².